The molecular weight excluding hydrogens is 214 g/mol. The van der Waals surface area contributed by atoms with E-state index in [2.05, 4.69) is 20.2 Å². The quantitative estimate of drug-likeness (QED) is 0.806. The Labute approximate surface area is 101 Å². The lowest BCUT2D eigenvalue weighted by Crippen LogP contribution is -2.22. The monoisotopic (exact) mass is 233 g/mol. The highest BCUT2D eigenvalue weighted by Gasteiger charge is 2.36. The summed E-state index contributed by atoms with van der Waals surface area (Å²) in [7, 11) is 1.85. The lowest BCUT2D eigenvalue weighted by Gasteiger charge is -2.19. The Morgan fingerprint density at radius 1 is 1.29 bits per heavy atom. The summed E-state index contributed by atoms with van der Waals surface area (Å²) in [5, 5.41) is 3.02. The van der Waals surface area contributed by atoms with Crippen LogP contribution in [0.1, 0.15) is 19.3 Å². The van der Waals surface area contributed by atoms with Crippen LogP contribution in [0.2, 0.25) is 0 Å². The molecule has 3 N–H and O–H groups in total. The van der Waals surface area contributed by atoms with Gasteiger partial charge >= 0.3 is 0 Å². The molecule has 5 heteroatoms. The Hall–Kier alpha value is -1.52. The molecule has 17 heavy (non-hydrogen) atoms. The maximum absolute atomic E-state index is 5.73. The summed E-state index contributed by atoms with van der Waals surface area (Å²) in [6.45, 7) is 2.26. The number of nitrogens with zero attached hydrogens (tertiary/aromatic N) is 3. The largest absolute Gasteiger partial charge is 0.373 e. The Morgan fingerprint density at radius 2 is 2.00 bits per heavy atom. The molecular formula is C12H19N5. The predicted molar refractivity (Wildman–Crippen MR) is 69.0 cm³/mol. The van der Waals surface area contributed by atoms with E-state index in [1.807, 2.05) is 13.1 Å². The molecule has 1 aliphatic heterocycles. The molecule has 3 rings (SSSR count). The topological polar surface area (TPSA) is 67.1 Å². The van der Waals surface area contributed by atoms with Crippen molar-refractivity contribution in [1.82, 2.24) is 9.97 Å². The van der Waals surface area contributed by atoms with Gasteiger partial charge in [0.05, 0.1) is 0 Å². The minimum Gasteiger partial charge on any atom is -0.373 e. The summed E-state index contributed by atoms with van der Waals surface area (Å²) in [4.78, 5) is 10.8. The zero-order valence-electron chi connectivity index (χ0n) is 10.2. The molecule has 1 aliphatic carbocycles. The zero-order chi connectivity index (χ0) is 11.8. The van der Waals surface area contributed by atoms with Crippen molar-refractivity contribution in [2.24, 2.45) is 11.8 Å². The molecule has 2 fully saturated rings. The minimum atomic E-state index is 0.351. The SMILES string of the molecule is CNc1cc(N2CC3CCCC3C2)nc(N)n1. The van der Waals surface area contributed by atoms with Crippen LogP contribution in [0, 0.1) is 11.8 Å². The number of anilines is 3. The summed E-state index contributed by atoms with van der Waals surface area (Å²) >= 11 is 0. The Morgan fingerprint density at radius 3 is 2.65 bits per heavy atom. The van der Waals surface area contributed by atoms with Crippen molar-refractivity contribution in [2.45, 2.75) is 19.3 Å². The van der Waals surface area contributed by atoms with Crippen LogP contribution in [0.15, 0.2) is 6.07 Å². The van der Waals surface area contributed by atoms with E-state index >= 15 is 0 Å². The molecule has 0 bridgehead atoms. The van der Waals surface area contributed by atoms with Crippen molar-refractivity contribution in [1.29, 1.82) is 0 Å². The van der Waals surface area contributed by atoms with Gasteiger partial charge in [-0.15, -0.1) is 0 Å². The third kappa shape index (κ3) is 1.90. The Balaban J connectivity index is 1.82. The summed E-state index contributed by atoms with van der Waals surface area (Å²) in [5.74, 6) is 3.85. The maximum atomic E-state index is 5.73. The molecule has 2 heterocycles. The van der Waals surface area contributed by atoms with Crippen molar-refractivity contribution in [3.63, 3.8) is 0 Å². The van der Waals surface area contributed by atoms with Gasteiger partial charge in [-0.1, -0.05) is 6.42 Å². The van der Waals surface area contributed by atoms with E-state index < -0.39 is 0 Å². The average Bonchev–Trinajstić information content (AvgIpc) is 2.88. The number of rotatable bonds is 2. The van der Waals surface area contributed by atoms with E-state index in [0.717, 1.165) is 36.6 Å². The molecule has 0 spiro atoms. The van der Waals surface area contributed by atoms with Gasteiger partial charge in [-0.2, -0.15) is 9.97 Å². The third-order valence-electron chi connectivity index (χ3n) is 4.04. The van der Waals surface area contributed by atoms with Gasteiger partial charge in [0.1, 0.15) is 11.6 Å². The second-order valence-corrected chi connectivity index (χ2v) is 5.08. The summed E-state index contributed by atoms with van der Waals surface area (Å²) < 4.78 is 0. The van der Waals surface area contributed by atoms with E-state index in [4.69, 9.17) is 5.73 Å². The second-order valence-electron chi connectivity index (χ2n) is 5.08. The number of hydrogen-bond donors (Lipinski definition) is 2. The standard InChI is InChI=1S/C12H19N5/c1-14-10-5-11(16-12(13)15-10)17-6-8-3-2-4-9(8)7-17/h5,8-9H,2-4,6-7H2,1H3,(H3,13,14,15,16). The van der Waals surface area contributed by atoms with Gasteiger partial charge < -0.3 is 16.0 Å². The average molecular weight is 233 g/mol. The van der Waals surface area contributed by atoms with E-state index in [-0.39, 0.29) is 0 Å². The normalized spacial score (nSPS) is 27.2. The highest BCUT2D eigenvalue weighted by molar-refractivity contribution is 5.53. The molecule has 2 aliphatic rings. The molecule has 92 valence electrons. The van der Waals surface area contributed by atoms with Crippen molar-refractivity contribution in [3.05, 3.63) is 6.07 Å². The van der Waals surface area contributed by atoms with Crippen molar-refractivity contribution >= 4 is 17.6 Å². The van der Waals surface area contributed by atoms with Crippen LogP contribution in [0.3, 0.4) is 0 Å². The van der Waals surface area contributed by atoms with E-state index in [1.54, 1.807) is 0 Å². The van der Waals surface area contributed by atoms with Gasteiger partial charge in [-0.3, -0.25) is 0 Å². The first-order valence-corrected chi connectivity index (χ1v) is 6.33. The minimum absolute atomic E-state index is 0.351. The van der Waals surface area contributed by atoms with Gasteiger partial charge in [-0.05, 0) is 24.7 Å². The van der Waals surface area contributed by atoms with Gasteiger partial charge in [0, 0.05) is 26.2 Å². The van der Waals surface area contributed by atoms with Gasteiger partial charge in [-0.25, -0.2) is 0 Å². The number of fused-ring (bicyclic) bond motifs is 1. The summed E-state index contributed by atoms with van der Waals surface area (Å²) in [6, 6.07) is 1.98. The number of hydrogen-bond acceptors (Lipinski definition) is 5. The van der Waals surface area contributed by atoms with Crippen LogP contribution in [0.25, 0.3) is 0 Å². The summed E-state index contributed by atoms with van der Waals surface area (Å²) in [5.41, 5.74) is 5.73. The first-order valence-electron chi connectivity index (χ1n) is 6.33. The van der Waals surface area contributed by atoms with Gasteiger partial charge in [0.2, 0.25) is 5.95 Å². The highest BCUT2D eigenvalue weighted by Crippen LogP contribution is 2.39. The lowest BCUT2D eigenvalue weighted by molar-refractivity contribution is 0.494. The fraction of sp³-hybridized carbons (Fsp3) is 0.667. The Kier molecular flexibility index (Phi) is 2.53. The van der Waals surface area contributed by atoms with Gasteiger partial charge in [0.25, 0.3) is 0 Å². The van der Waals surface area contributed by atoms with Crippen LogP contribution in [0.5, 0.6) is 0 Å². The number of aromatic nitrogens is 2. The molecule has 1 aromatic heterocycles. The van der Waals surface area contributed by atoms with E-state index in [0.29, 0.717) is 5.95 Å². The zero-order valence-corrected chi connectivity index (χ0v) is 10.2. The van der Waals surface area contributed by atoms with Gasteiger partial charge in [0.15, 0.2) is 0 Å². The molecule has 2 unspecified atom stereocenters. The molecule has 2 atom stereocenters. The molecule has 0 amide bonds. The fourth-order valence-electron chi connectivity index (χ4n) is 3.16. The molecule has 1 aromatic rings. The van der Waals surface area contributed by atoms with Crippen LogP contribution < -0.4 is 16.0 Å². The molecule has 1 saturated heterocycles. The van der Waals surface area contributed by atoms with Crippen molar-refractivity contribution < 1.29 is 0 Å². The highest BCUT2D eigenvalue weighted by atomic mass is 15.2. The predicted octanol–water partition coefficient (Wildman–Crippen LogP) is 1.34. The van der Waals surface area contributed by atoms with Crippen LogP contribution >= 0.6 is 0 Å². The molecule has 5 nitrogen and oxygen atoms in total. The van der Waals surface area contributed by atoms with Crippen LogP contribution in [0.4, 0.5) is 17.6 Å². The molecule has 1 saturated carbocycles. The second kappa shape index (κ2) is 4.05. The Bertz CT molecular complexity index is 407. The molecule has 0 aromatic carbocycles. The van der Waals surface area contributed by atoms with E-state index in [1.165, 1.54) is 19.3 Å². The maximum Gasteiger partial charge on any atom is 0.223 e. The number of nitrogens with two attached hydrogens (primary N) is 1. The number of nitrogens with one attached hydrogen (secondary N) is 1. The third-order valence-corrected chi connectivity index (χ3v) is 4.04. The smallest absolute Gasteiger partial charge is 0.223 e. The summed E-state index contributed by atoms with van der Waals surface area (Å²) in [6.07, 6.45) is 4.15. The first kappa shape index (κ1) is 10.6. The molecule has 0 radical (unpaired) electrons. The van der Waals surface area contributed by atoms with Crippen LogP contribution in [-0.4, -0.2) is 30.1 Å². The fourth-order valence-corrected chi connectivity index (χ4v) is 3.16. The van der Waals surface area contributed by atoms with Crippen molar-refractivity contribution in [2.75, 3.05) is 36.1 Å². The lowest BCUT2D eigenvalue weighted by atomic mass is 10.0. The van der Waals surface area contributed by atoms with Crippen LogP contribution in [-0.2, 0) is 0 Å². The van der Waals surface area contributed by atoms with E-state index in [9.17, 15) is 0 Å². The number of nitrogen functional groups attached to an aromatic ring is 1. The van der Waals surface area contributed by atoms with Crippen molar-refractivity contribution in [3.8, 4) is 0 Å². The first-order chi connectivity index (χ1) is 8.26.